The van der Waals surface area contributed by atoms with Crippen molar-refractivity contribution in [1.82, 2.24) is 14.4 Å². The van der Waals surface area contributed by atoms with E-state index in [0.29, 0.717) is 36.8 Å². The molecule has 2 aliphatic rings. The summed E-state index contributed by atoms with van der Waals surface area (Å²) in [5, 5.41) is 12.1. The summed E-state index contributed by atoms with van der Waals surface area (Å²) in [5.41, 5.74) is -1.89. The first kappa shape index (κ1) is 32.6. The van der Waals surface area contributed by atoms with Gasteiger partial charge in [0.15, 0.2) is 0 Å². The summed E-state index contributed by atoms with van der Waals surface area (Å²) in [4.78, 5) is 42.0. The highest BCUT2D eigenvalue weighted by Crippen LogP contribution is 2.52. The molecule has 43 heavy (non-hydrogen) atoms. The fourth-order valence-corrected chi connectivity index (χ4v) is 6.60. The van der Waals surface area contributed by atoms with Gasteiger partial charge >= 0.3 is 12.4 Å². The number of nitrogens with zero attached hydrogens (tertiary/aromatic N) is 3. The van der Waals surface area contributed by atoms with E-state index in [0.717, 1.165) is 4.90 Å². The summed E-state index contributed by atoms with van der Waals surface area (Å²) in [5.74, 6) is -3.94. The standard InChI is InChI=1S/C30H35F6N3O4/c1-37(2)26(42)23-17-39(24(40)14-22(23)20-8-4-3-5-9-20)19-28(43)12-13-38(18-27(28)10-6-7-11-27)25(41)21(15-29(31,32)33)16-30(34,35)36/h3-5,8-9,14,17,21,43H,6-7,10-13,15-16,18-19H2,1-2H3/t28-/m1/s1. The zero-order valence-electron chi connectivity index (χ0n) is 24.0. The smallest absolute Gasteiger partial charge is 0.387 e. The number of piperidine rings is 1. The Kier molecular flexibility index (Phi) is 9.07. The van der Waals surface area contributed by atoms with Crippen LogP contribution < -0.4 is 5.56 Å². The predicted molar refractivity (Wildman–Crippen MR) is 146 cm³/mol. The number of aliphatic hydroxyl groups is 1. The Morgan fingerprint density at radius 3 is 2.09 bits per heavy atom. The third-order valence-corrected chi connectivity index (χ3v) is 8.73. The molecule has 236 valence electrons. The first-order chi connectivity index (χ1) is 19.9. The van der Waals surface area contributed by atoms with Crippen LogP contribution in [0.3, 0.4) is 0 Å². The third kappa shape index (κ3) is 7.25. The molecule has 4 rings (SSSR count). The molecule has 1 atom stereocenters. The second kappa shape index (κ2) is 12.0. The third-order valence-electron chi connectivity index (χ3n) is 8.73. The molecule has 1 aromatic carbocycles. The zero-order valence-corrected chi connectivity index (χ0v) is 24.0. The van der Waals surface area contributed by atoms with Gasteiger partial charge in [-0.2, -0.15) is 26.3 Å². The van der Waals surface area contributed by atoms with Crippen LogP contribution in [0.5, 0.6) is 0 Å². The summed E-state index contributed by atoms with van der Waals surface area (Å²) in [6, 6.07) is 10.1. The van der Waals surface area contributed by atoms with Crippen LogP contribution in [0.15, 0.2) is 47.4 Å². The summed E-state index contributed by atoms with van der Waals surface area (Å²) in [7, 11) is 3.12. The number of aromatic nitrogens is 1. The maximum atomic E-state index is 13.4. The van der Waals surface area contributed by atoms with E-state index in [9.17, 15) is 45.8 Å². The van der Waals surface area contributed by atoms with Gasteiger partial charge in [0, 0.05) is 50.4 Å². The van der Waals surface area contributed by atoms with E-state index in [4.69, 9.17) is 0 Å². The molecule has 2 fully saturated rings. The van der Waals surface area contributed by atoms with Crippen molar-refractivity contribution in [2.75, 3.05) is 27.2 Å². The molecule has 1 aromatic heterocycles. The number of likely N-dealkylation sites (tertiary alicyclic amines) is 1. The molecule has 0 radical (unpaired) electrons. The Bertz CT molecular complexity index is 1370. The monoisotopic (exact) mass is 615 g/mol. The number of hydrogen-bond donors (Lipinski definition) is 1. The van der Waals surface area contributed by atoms with E-state index in [2.05, 4.69) is 0 Å². The Labute approximate surface area is 245 Å². The van der Waals surface area contributed by atoms with Gasteiger partial charge in [0.05, 0.1) is 36.5 Å². The van der Waals surface area contributed by atoms with Crippen molar-refractivity contribution in [2.45, 2.75) is 69.4 Å². The predicted octanol–water partition coefficient (Wildman–Crippen LogP) is 5.26. The quantitative estimate of drug-likeness (QED) is 0.431. The Morgan fingerprint density at radius 2 is 1.56 bits per heavy atom. The van der Waals surface area contributed by atoms with Crippen LogP contribution in [0.4, 0.5) is 26.3 Å². The van der Waals surface area contributed by atoms with Gasteiger partial charge < -0.3 is 19.5 Å². The van der Waals surface area contributed by atoms with Gasteiger partial charge in [0.1, 0.15) is 0 Å². The maximum Gasteiger partial charge on any atom is 0.389 e. The van der Waals surface area contributed by atoms with Crippen LogP contribution >= 0.6 is 0 Å². The molecule has 0 unspecified atom stereocenters. The minimum absolute atomic E-state index is 0.159. The fourth-order valence-electron chi connectivity index (χ4n) is 6.60. The molecule has 1 saturated carbocycles. The first-order valence-corrected chi connectivity index (χ1v) is 14.1. The van der Waals surface area contributed by atoms with E-state index in [1.807, 2.05) is 0 Å². The molecule has 13 heteroatoms. The van der Waals surface area contributed by atoms with Gasteiger partial charge in [-0.05, 0) is 24.8 Å². The Balaban J connectivity index is 1.67. The molecule has 2 heterocycles. The molecule has 1 spiro atoms. The van der Waals surface area contributed by atoms with Gasteiger partial charge in [-0.25, -0.2) is 0 Å². The lowest BCUT2D eigenvalue weighted by Gasteiger charge is -2.53. The summed E-state index contributed by atoms with van der Waals surface area (Å²) < 4.78 is 80.1. The molecular formula is C30H35F6N3O4. The molecular weight excluding hydrogens is 580 g/mol. The van der Waals surface area contributed by atoms with E-state index >= 15 is 0 Å². The number of rotatable bonds is 7. The average Bonchev–Trinajstić information content (AvgIpc) is 3.39. The SMILES string of the molecule is CN(C)C(=O)c1cn(C[C@]2(O)CCN(C(=O)C(CC(F)(F)F)CC(F)(F)F)CC23CCCC3)c(=O)cc1-c1ccccc1. The van der Waals surface area contributed by atoms with Gasteiger partial charge in [-0.1, -0.05) is 43.2 Å². The number of hydrogen-bond acceptors (Lipinski definition) is 4. The van der Waals surface area contributed by atoms with Crippen LogP contribution in [-0.4, -0.2) is 76.4 Å². The van der Waals surface area contributed by atoms with Crippen molar-refractivity contribution < 1.29 is 41.0 Å². The van der Waals surface area contributed by atoms with Crippen molar-refractivity contribution >= 4 is 11.8 Å². The van der Waals surface area contributed by atoms with Gasteiger partial charge in [0.25, 0.3) is 11.5 Å². The minimum Gasteiger partial charge on any atom is -0.387 e. The van der Waals surface area contributed by atoms with E-state index in [1.54, 1.807) is 44.4 Å². The van der Waals surface area contributed by atoms with Crippen molar-refractivity contribution in [2.24, 2.45) is 11.3 Å². The topological polar surface area (TPSA) is 82.8 Å². The molecule has 1 N–H and O–H groups in total. The second-order valence-electron chi connectivity index (χ2n) is 12.0. The lowest BCUT2D eigenvalue weighted by Crippen LogP contribution is -2.62. The Morgan fingerprint density at radius 1 is 0.977 bits per heavy atom. The highest BCUT2D eigenvalue weighted by molar-refractivity contribution is 6.00. The highest BCUT2D eigenvalue weighted by Gasteiger charge is 2.56. The largest absolute Gasteiger partial charge is 0.389 e. The van der Waals surface area contributed by atoms with E-state index in [-0.39, 0.29) is 37.5 Å². The first-order valence-electron chi connectivity index (χ1n) is 14.1. The van der Waals surface area contributed by atoms with Gasteiger partial charge in [-0.3, -0.25) is 14.4 Å². The Hall–Kier alpha value is -3.35. The van der Waals surface area contributed by atoms with Crippen LogP contribution in [0.2, 0.25) is 0 Å². The van der Waals surface area contributed by atoms with Crippen LogP contribution in [0, 0.1) is 11.3 Å². The van der Waals surface area contributed by atoms with Gasteiger partial charge in [-0.15, -0.1) is 0 Å². The lowest BCUT2D eigenvalue weighted by molar-refractivity contribution is -0.190. The fraction of sp³-hybridized carbons (Fsp3) is 0.567. The summed E-state index contributed by atoms with van der Waals surface area (Å²) in [6.07, 6.45) is -10.5. The van der Waals surface area contributed by atoms with Crippen molar-refractivity contribution in [1.29, 1.82) is 0 Å². The summed E-state index contributed by atoms with van der Waals surface area (Å²) in [6.45, 7) is -0.760. The van der Waals surface area contributed by atoms with Crippen molar-refractivity contribution in [3.63, 3.8) is 0 Å². The maximum absolute atomic E-state index is 13.4. The van der Waals surface area contributed by atoms with Crippen molar-refractivity contribution in [3.05, 3.63) is 58.5 Å². The van der Waals surface area contributed by atoms with Crippen molar-refractivity contribution in [3.8, 4) is 11.1 Å². The molecule has 2 aromatic rings. The minimum atomic E-state index is -4.97. The molecule has 0 bridgehead atoms. The zero-order chi connectivity index (χ0) is 31.8. The molecule has 1 saturated heterocycles. The second-order valence-corrected chi connectivity index (χ2v) is 12.0. The number of halogens is 6. The highest BCUT2D eigenvalue weighted by atomic mass is 19.4. The normalized spacial score (nSPS) is 20.6. The average molecular weight is 616 g/mol. The van der Waals surface area contributed by atoms with Gasteiger partial charge in [0.2, 0.25) is 5.91 Å². The van der Waals surface area contributed by atoms with Crippen LogP contribution in [0.25, 0.3) is 11.1 Å². The summed E-state index contributed by atoms with van der Waals surface area (Å²) >= 11 is 0. The number of pyridine rings is 1. The molecule has 7 nitrogen and oxygen atoms in total. The number of carbonyl (C=O) groups is 2. The van der Waals surface area contributed by atoms with E-state index in [1.165, 1.54) is 21.7 Å². The number of amides is 2. The molecule has 1 aliphatic heterocycles. The molecule has 1 aliphatic carbocycles. The lowest BCUT2D eigenvalue weighted by atomic mass is 9.65. The van der Waals surface area contributed by atoms with E-state index < -0.39 is 53.6 Å². The number of benzene rings is 1. The number of alkyl halides is 6. The molecule has 2 amide bonds. The van der Waals surface area contributed by atoms with Crippen LogP contribution in [0.1, 0.15) is 55.3 Å². The number of carbonyl (C=O) groups excluding carboxylic acids is 2. The van der Waals surface area contributed by atoms with Crippen LogP contribution in [-0.2, 0) is 11.3 Å².